The first-order chi connectivity index (χ1) is 20.5. The molecule has 0 bridgehead atoms. The fraction of sp³-hybridized carbons (Fsp3) is 0.457. The van der Waals surface area contributed by atoms with Crippen LogP contribution in [0.15, 0.2) is 66.7 Å². The molecule has 1 amide bonds. The molecule has 2 N–H and O–H groups in total. The molecule has 3 aromatic rings. The maximum absolute atomic E-state index is 13.1. The molecule has 1 aliphatic carbocycles. The van der Waals surface area contributed by atoms with E-state index < -0.39 is 0 Å². The van der Waals surface area contributed by atoms with Crippen LogP contribution in [0.5, 0.6) is 0 Å². The van der Waals surface area contributed by atoms with Gasteiger partial charge in [0.25, 0.3) is 0 Å². The van der Waals surface area contributed by atoms with Gasteiger partial charge in [-0.25, -0.2) is 4.79 Å². The van der Waals surface area contributed by atoms with E-state index in [0.717, 1.165) is 38.0 Å². The van der Waals surface area contributed by atoms with Gasteiger partial charge in [-0.15, -0.1) is 0 Å². The van der Waals surface area contributed by atoms with E-state index >= 15 is 0 Å². The van der Waals surface area contributed by atoms with Crippen LogP contribution in [-0.2, 0) is 27.4 Å². The van der Waals surface area contributed by atoms with Crippen LogP contribution in [-0.4, -0.2) is 80.0 Å². The highest BCUT2D eigenvalue weighted by atomic mass is 16.5. The van der Waals surface area contributed by atoms with E-state index in [1.54, 1.807) is 5.56 Å². The van der Waals surface area contributed by atoms with E-state index in [1.807, 2.05) is 4.90 Å². The Kier molecular flexibility index (Phi) is 4.94. The van der Waals surface area contributed by atoms with Gasteiger partial charge in [-0.3, -0.25) is 9.80 Å². The summed E-state index contributed by atoms with van der Waals surface area (Å²) in [5.41, 5.74) is 9.18. The third kappa shape index (κ3) is 2.65. The smallest absolute Gasteiger partial charge is 0.411 e. The molecule has 0 aromatic heterocycles. The zero-order chi connectivity index (χ0) is 28.4. The maximum atomic E-state index is 13.1. The van der Waals surface area contributed by atoms with Crippen LogP contribution in [0.2, 0.25) is 0 Å². The molecule has 3 saturated heterocycles. The number of anilines is 2. The predicted molar refractivity (Wildman–Crippen MR) is 164 cm³/mol. The van der Waals surface area contributed by atoms with Gasteiger partial charge in [-0.1, -0.05) is 60.7 Å². The van der Waals surface area contributed by atoms with Gasteiger partial charge in [0.05, 0.1) is 18.7 Å². The van der Waals surface area contributed by atoms with Gasteiger partial charge >= 0.3 is 6.09 Å². The van der Waals surface area contributed by atoms with Crippen LogP contribution in [0.4, 0.5) is 16.2 Å². The number of hydrogen-bond donors (Lipinski definition) is 2. The normalized spacial score (nSPS) is 35.6. The number of para-hydroxylation sites is 2. The fourth-order valence-electron chi connectivity index (χ4n) is 10.8. The lowest BCUT2D eigenvalue weighted by atomic mass is 9.54. The Balaban J connectivity index is 1.29. The van der Waals surface area contributed by atoms with Crippen molar-refractivity contribution in [2.24, 2.45) is 0 Å². The number of amides is 1. The first-order valence-electron chi connectivity index (χ1n) is 15.6. The molecule has 3 fully saturated rings. The van der Waals surface area contributed by atoms with E-state index in [2.05, 4.69) is 101 Å². The highest BCUT2D eigenvalue weighted by molar-refractivity contribution is 5.80. The number of likely N-dealkylation sites (tertiary alicyclic amines) is 3. The summed E-state index contributed by atoms with van der Waals surface area (Å²) in [4.78, 5) is 20.2. The first-order valence-corrected chi connectivity index (χ1v) is 15.6. The van der Waals surface area contributed by atoms with Crippen molar-refractivity contribution in [3.63, 3.8) is 0 Å². The van der Waals surface area contributed by atoms with Crippen LogP contribution in [0.25, 0.3) is 0 Å². The SMILES string of the molecule is COC(=O)N1CCC2(c3cccc4c3NC3N(C)CCC43C34CCN(C)C3Cc3ccccc34)c3ccccc3NC12. The molecule has 5 aliphatic heterocycles. The van der Waals surface area contributed by atoms with Gasteiger partial charge in [-0.05, 0) is 80.2 Å². The second kappa shape index (κ2) is 8.29. The molecule has 9 rings (SSSR count). The summed E-state index contributed by atoms with van der Waals surface area (Å²) in [5.74, 6) is 0. The molecule has 7 heteroatoms. The second-order valence-electron chi connectivity index (χ2n) is 13.5. The van der Waals surface area contributed by atoms with Gasteiger partial charge in [0, 0.05) is 41.3 Å². The Hall–Kier alpha value is -3.55. The number of benzene rings is 3. The van der Waals surface area contributed by atoms with Gasteiger partial charge in [0.2, 0.25) is 0 Å². The molecule has 0 radical (unpaired) electrons. The predicted octanol–water partition coefficient (Wildman–Crippen LogP) is 4.72. The number of methoxy groups -OCH3 is 1. The van der Waals surface area contributed by atoms with Gasteiger partial charge in [-0.2, -0.15) is 0 Å². The fourth-order valence-corrected chi connectivity index (χ4v) is 10.8. The van der Waals surface area contributed by atoms with E-state index in [0.29, 0.717) is 12.6 Å². The highest BCUT2D eigenvalue weighted by Gasteiger charge is 2.71. The van der Waals surface area contributed by atoms with Crippen molar-refractivity contribution in [3.05, 3.63) is 94.5 Å². The highest BCUT2D eigenvalue weighted by Crippen LogP contribution is 2.67. The molecule has 6 aliphatic rings. The average Bonchev–Trinajstić information content (AvgIpc) is 3.83. The van der Waals surface area contributed by atoms with Crippen LogP contribution in [0.3, 0.4) is 0 Å². The minimum absolute atomic E-state index is 0.0429. The van der Waals surface area contributed by atoms with E-state index in [1.165, 1.54) is 41.5 Å². The molecule has 216 valence electrons. The minimum atomic E-state index is -0.362. The largest absolute Gasteiger partial charge is 0.453 e. The molecule has 6 atom stereocenters. The van der Waals surface area contributed by atoms with Crippen molar-refractivity contribution >= 4 is 17.5 Å². The molecule has 42 heavy (non-hydrogen) atoms. The summed E-state index contributed by atoms with van der Waals surface area (Å²) in [6.07, 6.45) is 4.03. The molecule has 3 aromatic carbocycles. The monoisotopic (exact) mass is 561 g/mol. The van der Waals surface area contributed by atoms with Gasteiger partial charge in [0.15, 0.2) is 0 Å². The summed E-state index contributed by atoms with van der Waals surface area (Å²) >= 11 is 0. The van der Waals surface area contributed by atoms with Crippen LogP contribution in [0, 0.1) is 0 Å². The molecule has 5 heterocycles. The number of carbonyl (C=O) groups excluding carboxylic acids is 1. The van der Waals surface area contributed by atoms with Crippen LogP contribution in [0.1, 0.15) is 47.1 Å². The van der Waals surface area contributed by atoms with Gasteiger partial charge < -0.3 is 20.3 Å². The Morgan fingerprint density at radius 2 is 1.48 bits per heavy atom. The molecular weight excluding hydrogens is 522 g/mol. The standard InChI is InChI=1S/C35H39N5O2/c1-38-18-16-34(23-10-5-4-9-22(23)21-28(34)38)35-17-19-39(2)31(35)37-29-25(12-8-13-26(29)35)33-15-20-40(32(41)42-3)30(33)36-27-14-7-6-11-24(27)33/h4-14,28,30-31,36-37H,15-21H2,1-3H3. The lowest BCUT2D eigenvalue weighted by Gasteiger charge is -2.49. The number of ether oxygens (including phenoxy) is 1. The minimum Gasteiger partial charge on any atom is -0.453 e. The lowest BCUT2D eigenvalue weighted by molar-refractivity contribution is 0.120. The number of carbonyl (C=O) groups is 1. The molecule has 6 unspecified atom stereocenters. The van der Waals surface area contributed by atoms with Crippen molar-refractivity contribution in [2.45, 2.75) is 60.3 Å². The van der Waals surface area contributed by atoms with Crippen molar-refractivity contribution in [2.75, 3.05) is 51.5 Å². The maximum Gasteiger partial charge on any atom is 0.411 e. The third-order valence-corrected chi connectivity index (χ3v) is 12.4. The lowest BCUT2D eigenvalue weighted by Crippen LogP contribution is -2.59. The number of likely N-dealkylation sites (N-methyl/N-ethyl adjacent to an activating group) is 2. The number of fused-ring (bicyclic) bond motifs is 10. The quantitative estimate of drug-likeness (QED) is 0.472. The molecular formula is C35H39N5O2. The van der Waals surface area contributed by atoms with Crippen molar-refractivity contribution < 1.29 is 9.53 Å². The Labute approximate surface area is 247 Å². The summed E-state index contributed by atoms with van der Waals surface area (Å²) in [6, 6.07) is 25.5. The van der Waals surface area contributed by atoms with E-state index in [4.69, 9.17) is 4.74 Å². The van der Waals surface area contributed by atoms with Crippen molar-refractivity contribution in [1.82, 2.24) is 14.7 Å². The number of nitrogens with zero attached hydrogens (tertiary/aromatic N) is 3. The Morgan fingerprint density at radius 3 is 2.33 bits per heavy atom. The number of nitrogens with one attached hydrogen (secondary N) is 2. The van der Waals surface area contributed by atoms with E-state index in [-0.39, 0.29) is 34.7 Å². The number of hydrogen-bond acceptors (Lipinski definition) is 6. The van der Waals surface area contributed by atoms with Crippen molar-refractivity contribution in [1.29, 1.82) is 0 Å². The molecule has 0 spiro atoms. The number of rotatable bonds is 2. The molecule has 0 saturated carbocycles. The first kappa shape index (κ1) is 25.0. The van der Waals surface area contributed by atoms with E-state index in [9.17, 15) is 4.79 Å². The average molecular weight is 562 g/mol. The molecule has 7 nitrogen and oxygen atoms in total. The second-order valence-corrected chi connectivity index (χ2v) is 13.5. The summed E-state index contributed by atoms with van der Waals surface area (Å²) < 4.78 is 5.28. The Bertz CT molecular complexity index is 1640. The van der Waals surface area contributed by atoms with Crippen LogP contribution >= 0.6 is 0 Å². The Morgan fingerprint density at radius 1 is 0.762 bits per heavy atom. The summed E-state index contributed by atoms with van der Waals surface area (Å²) in [7, 11) is 6.13. The summed E-state index contributed by atoms with van der Waals surface area (Å²) in [6.45, 7) is 2.86. The third-order valence-electron chi connectivity index (χ3n) is 12.4. The zero-order valence-corrected chi connectivity index (χ0v) is 24.7. The van der Waals surface area contributed by atoms with Crippen molar-refractivity contribution in [3.8, 4) is 0 Å². The van der Waals surface area contributed by atoms with Gasteiger partial charge in [0.1, 0.15) is 6.17 Å². The zero-order valence-electron chi connectivity index (χ0n) is 24.7. The summed E-state index contributed by atoms with van der Waals surface area (Å²) in [5, 5.41) is 7.95. The van der Waals surface area contributed by atoms with Crippen LogP contribution < -0.4 is 10.6 Å². The topological polar surface area (TPSA) is 60.1 Å².